The third-order valence-electron chi connectivity index (χ3n) is 1.75. The van der Waals surface area contributed by atoms with Gasteiger partial charge in [-0.25, -0.2) is 0 Å². The third kappa shape index (κ3) is 2.38. The molecule has 1 aromatic rings. The van der Waals surface area contributed by atoms with Gasteiger partial charge in [0.15, 0.2) is 0 Å². The second-order valence-electron chi connectivity index (χ2n) is 2.84. The van der Waals surface area contributed by atoms with E-state index in [1.807, 2.05) is 12.1 Å². The first kappa shape index (κ1) is 9.40. The summed E-state index contributed by atoms with van der Waals surface area (Å²) in [5, 5.41) is 11.8. The molecule has 0 spiro atoms. The van der Waals surface area contributed by atoms with Crippen molar-refractivity contribution < 1.29 is 0 Å². The number of hydrogen-bond donors (Lipinski definition) is 2. The van der Waals surface area contributed by atoms with Gasteiger partial charge in [-0.15, -0.1) is 0 Å². The molecule has 1 aromatic carbocycles. The normalized spacial score (nSPS) is 9.23. The first-order valence-electron chi connectivity index (χ1n) is 4.31. The lowest BCUT2D eigenvalue weighted by molar-refractivity contribution is 0.980. The summed E-state index contributed by atoms with van der Waals surface area (Å²) in [5.41, 5.74) is 7.67. The molecule has 0 heterocycles. The summed E-state index contributed by atoms with van der Waals surface area (Å²) < 4.78 is 0. The monoisotopic (exact) mass is 175 g/mol. The SMILES string of the molecule is CCCNc1ccc(C#N)c(N)c1. The van der Waals surface area contributed by atoms with Crippen LogP contribution in [-0.4, -0.2) is 6.54 Å². The molecule has 0 radical (unpaired) electrons. The maximum absolute atomic E-state index is 8.63. The van der Waals surface area contributed by atoms with E-state index in [1.54, 1.807) is 12.1 Å². The number of benzene rings is 1. The van der Waals surface area contributed by atoms with Gasteiger partial charge in [0.1, 0.15) is 6.07 Å². The van der Waals surface area contributed by atoms with E-state index in [2.05, 4.69) is 12.2 Å². The van der Waals surface area contributed by atoms with Crippen LogP contribution >= 0.6 is 0 Å². The Kier molecular flexibility index (Phi) is 3.15. The van der Waals surface area contributed by atoms with Gasteiger partial charge in [0.05, 0.1) is 11.3 Å². The molecule has 3 heteroatoms. The number of nitrogen functional groups attached to an aromatic ring is 1. The molecule has 1 rings (SSSR count). The zero-order chi connectivity index (χ0) is 9.68. The predicted octanol–water partition coefficient (Wildman–Crippen LogP) is 1.96. The number of hydrogen-bond acceptors (Lipinski definition) is 3. The molecule has 0 aliphatic heterocycles. The van der Waals surface area contributed by atoms with Crippen LogP contribution in [0, 0.1) is 11.3 Å². The lowest BCUT2D eigenvalue weighted by Gasteiger charge is -2.05. The average molecular weight is 175 g/mol. The first-order chi connectivity index (χ1) is 6.27. The van der Waals surface area contributed by atoms with Crippen LogP contribution in [0.1, 0.15) is 18.9 Å². The van der Waals surface area contributed by atoms with Crippen LogP contribution < -0.4 is 11.1 Å². The predicted molar refractivity (Wildman–Crippen MR) is 54.4 cm³/mol. The Morgan fingerprint density at radius 2 is 2.31 bits per heavy atom. The largest absolute Gasteiger partial charge is 0.398 e. The van der Waals surface area contributed by atoms with Crippen molar-refractivity contribution >= 4 is 11.4 Å². The summed E-state index contributed by atoms with van der Waals surface area (Å²) >= 11 is 0. The number of nitriles is 1. The van der Waals surface area contributed by atoms with E-state index in [0.717, 1.165) is 18.7 Å². The number of rotatable bonds is 3. The smallest absolute Gasteiger partial charge is 0.101 e. The van der Waals surface area contributed by atoms with Gasteiger partial charge in [-0.2, -0.15) is 5.26 Å². The topological polar surface area (TPSA) is 61.8 Å². The highest BCUT2D eigenvalue weighted by Crippen LogP contribution is 2.16. The molecule has 0 aliphatic carbocycles. The summed E-state index contributed by atoms with van der Waals surface area (Å²) in [4.78, 5) is 0. The molecular formula is C10H13N3. The molecule has 0 saturated heterocycles. The van der Waals surface area contributed by atoms with Gasteiger partial charge < -0.3 is 11.1 Å². The van der Waals surface area contributed by atoms with Crippen molar-refractivity contribution in [2.75, 3.05) is 17.6 Å². The van der Waals surface area contributed by atoms with E-state index in [-0.39, 0.29) is 0 Å². The van der Waals surface area contributed by atoms with E-state index in [1.165, 1.54) is 0 Å². The maximum atomic E-state index is 8.63. The van der Waals surface area contributed by atoms with Crippen molar-refractivity contribution in [3.05, 3.63) is 23.8 Å². The Balaban J connectivity index is 2.79. The zero-order valence-corrected chi connectivity index (χ0v) is 7.67. The molecule has 0 unspecified atom stereocenters. The van der Waals surface area contributed by atoms with Gasteiger partial charge >= 0.3 is 0 Å². The Morgan fingerprint density at radius 3 is 2.85 bits per heavy atom. The highest BCUT2D eigenvalue weighted by molar-refractivity contribution is 5.62. The highest BCUT2D eigenvalue weighted by Gasteiger charge is 1.98. The van der Waals surface area contributed by atoms with E-state index < -0.39 is 0 Å². The van der Waals surface area contributed by atoms with Crippen LogP contribution in [0.4, 0.5) is 11.4 Å². The second kappa shape index (κ2) is 4.36. The summed E-state index contributed by atoms with van der Waals surface area (Å²) in [5.74, 6) is 0. The molecule has 0 aromatic heterocycles. The van der Waals surface area contributed by atoms with E-state index in [0.29, 0.717) is 11.3 Å². The minimum absolute atomic E-state index is 0.530. The minimum atomic E-state index is 0.530. The second-order valence-corrected chi connectivity index (χ2v) is 2.84. The van der Waals surface area contributed by atoms with Crippen molar-refractivity contribution in [2.45, 2.75) is 13.3 Å². The third-order valence-corrected chi connectivity index (χ3v) is 1.75. The van der Waals surface area contributed by atoms with Gasteiger partial charge in [0.2, 0.25) is 0 Å². The van der Waals surface area contributed by atoms with Crippen LogP contribution in [0.25, 0.3) is 0 Å². The Bertz CT molecular complexity index is 325. The standard InChI is InChI=1S/C10H13N3/c1-2-5-13-9-4-3-8(7-11)10(12)6-9/h3-4,6,13H,2,5,12H2,1H3. The molecule has 0 fully saturated rings. The van der Waals surface area contributed by atoms with Gasteiger partial charge in [-0.1, -0.05) is 6.92 Å². The quantitative estimate of drug-likeness (QED) is 0.690. The van der Waals surface area contributed by atoms with Crippen molar-refractivity contribution in [1.29, 1.82) is 5.26 Å². The molecule has 0 atom stereocenters. The van der Waals surface area contributed by atoms with Crippen LogP contribution in [0.5, 0.6) is 0 Å². The van der Waals surface area contributed by atoms with Gasteiger partial charge in [0, 0.05) is 12.2 Å². The molecule has 68 valence electrons. The number of anilines is 2. The van der Waals surface area contributed by atoms with Gasteiger partial charge in [0.25, 0.3) is 0 Å². The minimum Gasteiger partial charge on any atom is -0.398 e. The number of nitrogens with one attached hydrogen (secondary N) is 1. The molecule has 0 amide bonds. The van der Waals surface area contributed by atoms with Crippen LogP contribution in [0.2, 0.25) is 0 Å². The number of nitrogens with two attached hydrogens (primary N) is 1. The highest BCUT2D eigenvalue weighted by atomic mass is 14.9. The molecular weight excluding hydrogens is 162 g/mol. The fourth-order valence-corrected chi connectivity index (χ4v) is 1.04. The molecule has 0 saturated carbocycles. The number of nitrogens with zero attached hydrogens (tertiary/aromatic N) is 1. The Labute approximate surface area is 78.2 Å². The van der Waals surface area contributed by atoms with Crippen molar-refractivity contribution in [2.24, 2.45) is 0 Å². The van der Waals surface area contributed by atoms with Gasteiger partial charge in [-0.3, -0.25) is 0 Å². The Morgan fingerprint density at radius 1 is 1.54 bits per heavy atom. The molecule has 3 nitrogen and oxygen atoms in total. The molecule has 0 aliphatic rings. The summed E-state index contributed by atoms with van der Waals surface area (Å²) in [6.45, 7) is 3.02. The van der Waals surface area contributed by atoms with Crippen LogP contribution in [0.3, 0.4) is 0 Å². The first-order valence-corrected chi connectivity index (χ1v) is 4.31. The van der Waals surface area contributed by atoms with E-state index in [4.69, 9.17) is 11.0 Å². The van der Waals surface area contributed by atoms with Crippen molar-refractivity contribution in [1.82, 2.24) is 0 Å². The fraction of sp³-hybridized carbons (Fsp3) is 0.300. The molecule has 0 bridgehead atoms. The molecule has 13 heavy (non-hydrogen) atoms. The summed E-state index contributed by atoms with van der Waals surface area (Å²) in [6.07, 6.45) is 1.07. The van der Waals surface area contributed by atoms with Crippen LogP contribution in [-0.2, 0) is 0 Å². The average Bonchev–Trinajstić information content (AvgIpc) is 2.15. The zero-order valence-electron chi connectivity index (χ0n) is 7.67. The lowest BCUT2D eigenvalue weighted by Crippen LogP contribution is -2.00. The van der Waals surface area contributed by atoms with Crippen molar-refractivity contribution in [3.8, 4) is 6.07 Å². The summed E-state index contributed by atoms with van der Waals surface area (Å²) in [7, 11) is 0. The van der Waals surface area contributed by atoms with E-state index in [9.17, 15) is 0 Å². The van der Waals surface area contributed by atoms with Crippen LogP contribution in [0.15, 0.2) is 18.2 Å². The lowest BCUT2D eigenvalue weighted by atomic mass is 10.2. The fourth-order valence-electron chi connectivity index (χ4n) is 1.04. The Hall–Kier alpha value is -1.69. The molecule has 3 N–H and O–H groups in total. The van der Waals surface area contributed by atoms with Gasteiger partial charge in [-0.05, 0) is 24.6 Å². The summed E-state index contributed by atoms with van der Waals surface area (Å²) in [6, 6.07) is 7.41. The van der Waals surface area contributed by atoms with E-state index >= 15 is 0 Å². The van der Waals surface area contributed by atoms with Crippen molar-refractivity contribution in [3.63, 3.8) is 0 Å². The maximum Gasteiger partial charge on any atom is 0.101 e.